The van der Waals surface area contributed by atoms with E-state index < -0.39 is 0 Å². The number of pyridine rings is 1. The molecule has 1 amide bonds. The molecule has 126 valence electrons. The second-order valence-electron chi connectivity index (χ2n) is 5.82. The van der Waals surface area contributed by atoms with E-state index in [0.29, 0.717) is 43.6 Å². The number of carbonyl (C=O) groups excluding carboxylic acids is 1. The molecule has 3 rings (SSSR count). The molecule has 0 atom stereocenters. The van der Waals surface area contributed by atoms with E-state index in [2.05, 4.69) is 19.9 Å². The minimum Gasteiger partial charge on any atom is -0.481 e. The third kappa shape index (κ3) is 3.45. The van der Waals surface area contributed by atoms with Gasteiger partial charge in [-0.2, -0.15) is 4.98 Å². The molecule has 1 aliphatic heterocycles. The number of carbonyl (C=O) groups is 1. The van der Waals surface area contributed by atoms with Crippen molar-refractivity contribution in [3.8, 4) is 5.88 Å². The van der Waals surface area contributed by atoms with E-state index in [9.17, 15) is 4.79 Å². The maximum absolute atomic E-state index is 12.5. The molecular weight excluding hydrogens is 306 g/mol. The fourth-order valence-corrected chi connectivity index (χ4v) is 2.66. The van der Waals surface area contributed by atoms with E-state index in [1.54, 1.807) is 19.4 Å². The molecule has 0 unspecified atom stereocenters. The van der Waals surface area contributed by atoms with E-state index in [0.717, 1.165) is 11.4 Å². The SMILES string of the molecule is COc1cc(C)nc(N2CCN(C(=O)c3ccc(C)nc3)CC2)n1. The first-order valence-electron chi connectivity index (χ1n) is 7.93. The van der Waals surface area contributed by atoms with Crippen LogP contribution in [-0.2, 0) is 0 Å². The van der Waals surface area contributed by atoms with E-state index in [1.807, 2.05) is 30.9 Å². The summed E-state index contributed by atoms with van der Waals surface area (Å²) in [5.41, 5.74) is 2.39. The lowest BCUT2D eigenvalue weighted by Crippen LogP contribution is -2.49. The first-order chi connectivity index (χ1) is 11.6. The van der Waals surface area contributed by atoms with Crippen LogP contribution in [0.5, 0.6) is 5.88 Å². The molecule has 24 heavy (non-hydrogen) atoms. The third-order valence-corrected chi connectivity index (χ3v) is 4.04. The van der Waals surface area contributed by atoms with Gasteiger partial charge in [0.25, 0.3) is 5.91 Å². The Kier molecular flexibility index (Phi) is 4.59. The maximum atomic E-state index is 12.5. The summed E-state index contributed by atoms with van der Waals surface area (Å²) in [6, 6.07) is 5.48. The molecule has 0 saturated carbocycles. The number of ether oxygens (including phenoxy) is 1. The fraction of sp³-hybridized carbons (Fsp3) is 0.412. The number of hydrogen-bond donors (Lipinski definition) is 0. The predicted octanol–water partition coefficient (Wildman–Crippen LogP) is 1.46. The number of aromatic nitrogens is 3. The van der Waals surface area contributed by atoms with E-state index in [-0.39, 0.29) is 5.91 Å². The number of rotatable bonds is 3. The van der Waals surface area contributed by atoms with Gasteiger partial charge in [0.1, 0.15) is 0 Å². The average Bonchev–Trinajstić information content (AvgIpc) is 2.61. The molecule has 2 aromatic heterocycles. The zero-order valence-corrected chi connectivity index (χ0v) is 14.2. The van der Waals surface area contributed by atoms with Crippen molar-refractivity contribution in [2.24, 2.45) is 0 Å². The maximum Gasteiger partial charge on any atom is 0.255 e. The Balaban J connectivity index is 1.66. The van der Waals surface area contributed by atoms with Gasteiger partial charge in [0.05, 0.1) is 12.7 Å². The summed E-state index contributed by atoms with van der Waals surface area (Å²) in [5, 5.41) is 0. The zero-order chi connectivity index (χ0) is 17.1. The summed E-state index contributed by atoms with van der Waals surface area (Å²) >= 11 is 0. The molecule has 0 N–H and O–H groups in total. The lowest BCUT2D eigenvalue weighted by molar-refractivity contribution is 0.0745. The van der Waals surface area contributed by atoms with Crippen LogP contribution in [0.3, 0.4) is 0 Å². The highest BCUT2D eigenvalue weighted by molar-refractivity contribution is 5.94. The normalized spacial score (nSPS) is 14.6. The number of nitrogens with zero attached hydrogens (tertiary/aromatic N) is 5. The molecule has 0 radical (unpaired) electrons. The molecule has 0 aliphatic carbocycles. The largest absolute Gasteiger partial charge is 0.481 e. The van der Waals surface area contributed by atoms with Gasteiger partial charge >= 0.3 is 0 Å². The van der Waals surface area contributed by atoms with Gasteiger partial charge < -0.3 is 14.5 Å². The van der Waals surface area contributed by atoms with Gasteiger partial charge in [-0.05, 0) is 26.0 Å². The number of amides is 1. The Labute approximate surface area is 141 Å². The van der Waals surface area contributed by atoms with Crippen LogP contribution in [0, 0.1) is 13.8 Å². The standard InChI is InChI=1S/C17H21N5O2/c1-12-4-5-14(11-18-12)16(23)21-6-8-22(9-7-21)17-19-13(2)10-15(20-17)24-3/h4-5,10-11H,6-9H2,1-3H3. The van der Waals surface area contributed by atoms with Crippen molar-refractivity contribution < 1.29 is 9.53 Å². The molecule has 1 fully saturated rings. The van der Waals surface area contributed by atoms with Gasteiger partial charge in [-0.25, -0.2) is 4.98 Å². The van der Waals surface area contributed by atoms with E-state index in [4.69, 9.17) is 4.74 Å². The van der Waals surface area contributed by atoms with Crippen molar-refractivity contribution in [3.63, 3.8) is 0 Å². The Bertz CT molecular complexity index is 724. The smallest absolute Gasteiger partial charge is 0.255 e. The number of piperazine rings is 1. The van der Waals surface area contributed by atoms with Crippen molar-refractivity contribution in [1.82, 2.24) is 19.9 Å². The average molecular weight is 327 g/mol. The van der Waals surface area contributed by atoms with Crippen LogP contribution < -0.4 is 9.64 Å². The summed E-state index contributed by atoms with van der Waals surface area (Å²) in [7, 11) is 1.60. The summed E-state index contributed by atoms with van der Waals surface area (Å²) in [6.07, 6.45) is 1.64. The van der Waals surface area contributed by atoms with Crippen LogP contribution in [0.4, 0.5) is 5.95 Å². The van der Waals surface area contributed by atoms with Crippen molar-refractivity contribution in [3.05, 3.63) is 41.3 Å². The van der Waals surface area contributed by atoms with Gasteiger partial charge in [-0.15, -0.1) is 0 Å². The quantitative estimate of drug-likeness (QED) is 0.850. The van der Waals surface area contributed by atoms with Crippen LogP contribution in [0.25, 0.3) is 0 Å². The summed E-state index contributed by atoms with van der Waals surface area (Å²) in [5.74, 6) is 1.22. The van der Waals surface area contributed by atoms with Crippen LogP contribution in [-0.4, -0.2) is 59.0 Å². The van der Waals surface area contributed by atoms with Gasteiger partial charge in [-0.3, -0.25) is 9.78 Å². The van der Waals surface area contributed by atoms with Gasteiger partial charge in [-0.1, -0.05) is 0 Å². The molecule has 0 aromatic carbocycles. The second kappa shape index (κ2) is 6.82. The van der Waals surface area contributed by atoms with Crippen LogP contribution in [0.15, 0.2) is 24.4 Å². The number of methoxy groups -OCH3 is 1. The highest BCUT2D eigenvalue weighted by atomic mass is 16.5. The minimum atomic E-state index is 0.0184. The Hall–Kier alpha value is -2.70. The van der Waals surface area contributed by atoms with E-state index in [1.165, 1.54) is 0 Å². The molecule has 0 bridgehead atoms. The van der Waals surface area contributed by atoms with Crippen LogP contribution in [0.2, 0.25) is 0 Å². The molecule has 7 heteroatoms. The Morgan fingerprint density at radius 2 is 1.83 bits per heavy atom. The number of aryl methyl sites for hydroxylation is 2. The molecule has 1 saturated heterocycles. The number of hydrogen-bond acceptors (Lipinski definition) is 6. The van der Waals surface area contributed by atoms with Gasteiger partial charge in [0.15, 0.2) is 0 Å². The molecule has 3 heterocycles. The summed E-state index contributed by atoms with van der Waals surface area (Å²) in [4.78, 5) is 29.5. The fourth-order valence-electron chi connectivity index (χ4n) is 2.66. The summed E-state index contributed by atoms with van der Waals surface area (Å²) < 4.78 is 5.20. The van der Waals surface area contributed by atoms with Crippen LogP contribution in [0.1, 0.15) is 21.7 Å². The lowest BCUT2D eigenvalue weighted by atomic mass is 10.2. The predicted molar refractivity (Wildman–Crippen MR) is 90.4 cm³/mol. The first-order valence-corrected chi connectivity index (χ1v) is 7.93. The van der Waals surface area contributed by atoms with Gasteiger partial charge in [0.2, 0.25) is 11.8 Å². The highest BCUT2D eigenvalue weighted by Crippen LogP contribution is 2.17. The van der Waals surface area contributed by atoms with Crippen molar-refractivity contribution >= 4 is 11.9 Å². The van der Waals surface area contributed by atoms with Gasteiger partial charge in [0, 0.05) is 49.8 Å². The van der Waals surface area contributed by atoms with Crippen molar-refractivity contribution in [1.29, 1.82) is 0 Å². The van der Waals surface area contributed by atoms with Crippen molar-refractivity contribution in [2.45, 2.75) is 13.8 Å². The van der Waals surface area contributed by atoms with Crippen LogP contribution >= 0.6 is 0 Å². The minimum absolute atomic E-state index is 0.0184. The first kappa shape index (κ1) is 16.2. The highest BCUT2D eigenvalue weighted by Gasteiger charge is 2.24. The topological polar surface area (TPSA) is 71.5 Å². The third-order valence-electron chi connectivity index (χ3n) is 4.04. The zero-order valence-electron chi connectivity index (χ0n) is 14.2. The molecule has 7 nitrogen and oxygen atoms in total. The number of anilines is 1. The second-order valence-corrected chi connectivity index (χ2v) is 5.82. The Morgan fingerprint density at radius 3 is 2.46 bits per heavy atom. The molecule has 2 aromatic rings. The lowest BCUT2D eigenvalue weighted by Gasteiger charge is -2.34. The molecular formula is C17H21N5O2. The molecule has 1 aliphatic rings. The summed E-state index contributed by atoms with van der Waals surface area (Å²) in [6.45, 7) is 6.47. The van der Waals surface area contributed by atoms with E-state index >= 15 is 0 Å². The molecule has 0 spiro atoms. The monoisotopic (exact) mass is 327 g/mol. The van der Waals surface area contributed by atoms with Crippen molar-refractivity contribution in [2.75, 3.05) is 38.2 Å². The Morgan fingerprint density at radius 1 is 1.08 bits per heavy atom.